The Kier molecular flexibility index (Phi) is 4.43. The molecule has 2 atom stereocenters. The first-order chi connectivity index (χ1) is 10.6. The first-order valence-corrected chi connectivity index (χ1v) is 8.14. The normalized spacial score (nSPS) is 21.6. The molecule has 0 heterocycles. The van der Waals surface area contributed by atoms with Gasteiger partial charge >= 0.3 is 6.03 Å². The maximum Gasteiger partial charge on any atom is 0.321 e. The fourth-order valence-electron chi connectivity index (χ4n) is 3.26. The number of aryl methyl sites for hydroxylation is 1. The molecule has 22 heavy (non-hydrogen) atoms. The Hall–Kier alpha value is -1.88. The molecule has 1 fully saturated rings. The molecule has 118 valence electrons. The summed E-state index contributed by atoms with van der Waals surface area (Å²) in [7, 11) is 2.03. The van der Waals surface area contributed by atoms with Crippen molar-refractivity contribution in [3.05, 3.63) is 35.4 Å². The van der Waals surface area contributed by atoms with Crippen molar-refractivity contribution in [3.8, 4) is 0 Å². The number of carbonyl (C=O) groups excluding carboxylic acids is 2. The minimum Gasteiger partial charge on any atom is -0.335 e. The highest BCUT2D eigenvalue weighted by Crippen LogP contribution is 2.27. The minimum atomic E-state index is -0.357. The zero-order valence-electron chi connectivity index (χ0n) is 13.0. The Labute approximate surface area is 131 Å². The average molecular weight is 302 g/mol. The van der Waals surface area contributed by atoms with Gasteiger partial charge in [0, 0.05) is 18.0 Å². The maximum atomic E-state index is 12.0. The smallest absolute Gasteiger partial charge is 0.321 e. The number of urea groups is 1. The van der Waals surface area contributed by atoms with Gasteiger partial charge in [-0.2, -0.15) is 0 Å². The molecule has 3 rings (SSSR count). The highest BCUT2D eigenvalue weighted by Gasteiger charge is 2.29. The summed E-state index contributed by atoms with van der Waals surface area (Å²) in [5, 5.41) is 5.21. The topological polar surface area (TPSA) is 62.6 Å². The van der Waals surface area contributed by atoms with Crippen LogP contribution in [0, 0.1) is 0 Å². The number of hydrogen-bond donors (Lipinski definition) is 3. The molecule has 2 aliphatic carbocycles. The lowest BCUT2D eigenvalue weighted by molar-refractivity contribution is -0.905. The van der Waals surface area contributed by atoms with Crippen LogP contribution in [-0.4, -0.2) is 31.6 Å². The van der Waals surface area contributed by atoms with Crippen LogP contribution in [0.15, 0.2) is 24.3 Å². The second kappa shape index (κ2) is 6.48. The van der Waals surface area contributed by atoms with Gasteiger partial charge in [-0.05, 0) is 31.2 Å². The third-order valence-electron chi connectivity index (χ3n) is 4.57. The number of likely N-dealkylation sites (N-methyl/N-ethyl adjacent to an activating group) is 1. The van der Waals surface area contributed by atoms with E-state index in [2.05, 4.69) is 34.9 Å². The maximum absolute atomic E-state index is 12.0. The van der Waals surface area contributed by atoms with Crippen molar-refractivity contribution in [2.75, 3.05) is 13.6 Å². The highest BCUT2D eigenvalue weighted by atomic mass is 16.2. The van der Waals surface area contributed by atoms with Crippen LogP contribution in [-0.2, 0) is 11.2 Å². The van der Waals surface area contributed by atoms with Crippen LogP contribution < -0.4 is 15.5 Å². The van der Waals surface area contributed by atoms with Gasteiger partial charge in [0.15, 0.2) is 6.54 Å². The van der Waals surface area contributed by atoms with Crippen molar-refractivity contribution >= 4 is 11.9 Å². The summed E-state index contributed by atoms with van der Waals surface area (Å²) in [6, 6.07) is 8.73. The van der Waals surface area contributed by atoms with Crippen LogP contribution in [0.25, 0.3) is 0 Å². The summed E-state index contributed by atoms with van der Waals surface area (Å²) in [5.41, 5.74) is 2.74. The molecule has 1 saturated carbocycles. The van der Waals surface area contributed by atoms with E-state index in [1.54, 1.807) is 0 Å². The van der Waals surface area contributed by atoms with Gasteiger partial charge in [-0.25, -0.2) is 4.79 Å². The van der Waals surface area contributed by atoms with E-state index >= 15 is 0 Å². The first kappa shape index (κ1) is 15.0. The molecule has 0 radical (unpaired) electrons. The average Bonchev–Trinajstić information content (AvgIpc) is 3.30. The van der Waals surface area contributed by atoms with E-state index in [4.69, 9.17) is 0 Å². The molecule has 0 aliphatic heterocycles. The quantitative estimate of drug-likeness (QED) is 0.761. The molecule has 0 bridgehead atoms. The molecule has 1 aromatic carbocycles. The van der Waals surface area contributed by atoms with Crippen molar-refractivity contribution in [1.82, 2.24) is 10.6 Å². The lowest BCUT2D eigenvalue weighted by Crippen LogP contribution is -3.10. The summed E-state index contributed by atoms with van der Waals surface area (Å²) in [4.78, 5) is 24.8. The zero-order valence-corrected chi connectivity index (χ0v) is 13.0. The number of quaternary nitrogens is 1. The number of imide groups is 1. The van der Waals surface area contributed by atoms with Crippen LogP contribution in [0.3, 0.4) is 0 Å². The van der Waals surface area contributed by atoms with Crippen molar-refractivity contribution in [1.29, 1.82) is 0 Å². The zero-order chi connectivity index (χ0) is 15.5. The second-order valence-corrected chi connectivity index (χ2v) is 6.46. The summed E-state index contributed by atoms with van der Waals surface area (Å²) in [6.45, 7) is 0.317. The molecular weight excluding hydrogens is 278 g/mol. The van der Waals surface area contributed by atoms with Crippen molar-refractivity contribution < 1.29 is 14.5 Å². The Bertz CT molecular complexity index is 569. The highest BCUT2D eigenvalue weighted by molar-refractivity contribution is 5.94. The summed E-state index contributed by atoms with van der Waals surface area (Å²) >= 11 is 0. The monoisotopic (exact) mass is 302 g/mol. The largest absolute Gasteiger partial charge is 0.335 e. The predicted molar refractivity (Wildman–Crippen MR) is 83.6 cm³/mol. The van der Waals surface area contributed by atoms with E-state index in [1.165, 1.54) is 11.1 Å². The van der Waals surface area contributed by atoms with Gasteiger partial charge < -0.3 is 10.2 Å². The molecular formula is C17H24N3O2+. The summed E-state index contributed by atoms with van der Waals surface area (Å²) in [5.74, 6) is -0.210. The van der Waals surface area contributed by atoms with Gasteiger partial charge in [0.25, 0.3) is 5.91 Å². The van der Waals surface area contributed by atoms with Gasteiger partial charge in [0.05, 0.1) is 7.05 Å². The summed E-state index contributed by atoms with van der Waals surface area (Å²) < 4.78 is 0. The first-order valence-electron chi connectivity index (χ1n) is 8.14. The molecule has 5 nitrogen and oxygen atoms in total. The number of hydrogen-bond acceptors (Lipinski definition) is 2. The minimum absolute atomic E-state index is 0.210. The predicted octanol–water partition coefficient (Wildman–Crippen LogP) is 0.567. The third kappa shape index (κ3) is 3.65. The van der Waals surface area contributed by atoms with Gasteiger partial charge in [-0.1, -0.05) is 24.3 Å². The SMILES string of the molecule is C[NH+](CC(=O)NC(=O)NC1CC1)[C@H]1CCCc2ccccc21. The number of benzene rings is 1. The van der Waals surface area contributed by atoms with Gasteiger partial charge in [0.2, 0.25) is 0 Å². The van der Waals surface area contributed by atoms with Crippen molar-refractivity contribution in [2.45, 2.75) is 44.2 Å². The van der Waals surface area contributed by atoms with Crippen LogP contribution in [0.2, 0.25) is 0 Å². The molecule has 0 aromatic heterocycles. The number of amides is 3. The molecule has 0 spiro atoms. The van der Waals surface area contributed by atoms with Gasteiger partial charge in [-0.3, -0.25) is 10.1 Å². The van der Waals surface area contributed by atoms with Crippen molar-refractivity contribution in [2.24, 2.45) is 0 Å². The molecule has 3 amide bonds. The fraction of sp³-hybridized carbons (Fsp3) is 0.529. The Balaban J connectivity index is 1.56. The number of nitrogens with one attached hydrogen (secondary N) is 3. The van der Waals surface area contributed by atoms with E-state index in [9.17, 15) is 9.59 Å². The van der Waals surface area contributed by atoms with Gasteiger partial charge in [0.1, 0.15) is 6.04 Å². The Morgan fingerprint density at radius 3 is 2.77 bits per heavy atom. The van der Waals surface area contributed by atoms with E-state index in [0.717, 1.165) is 37.0 Å². The fourth-order valence-corrected chi connectivity index (χ4v) is 3.26. The number of carbonyl (C=O) groups is 2. The molecule has 1 unspecified atom stereocenters. The summed E-state index contributed by atoms with van der Waals surface area (Å²) in [6.07, 6.45) is 5.40. The standard InChI is InChI=1S/C17H23N3O2/c1-20(11-16(21)19-17(22)18-13-9-10-13)15-8-4-6-12-5-2-3-7-14(12)15/h2-3,5,7,13,15H,4,6,8-11H2,1H3,(H2,18,19,21,22)/p+1/t15-/m0/s1. The van der Waals surface area contributed by atoms with Crippen LogP contribution in [0.5, 0.6) is 0 Å². The van der Waals surface area contributed by atoms with E-state index in [0.29, 0.717) is 12.6 Å². The lowest BCUT2D eigenvalue weighted by Gasteiger charge is -2.30. The molecule has 0 saturated heterocycles. The molecule has 5 heteroatoms. The van der Waals surface area contributed by atoms with Crippen LogP contribution in [0.4, 0.5) is 4.79 Å². The molecule has 1 aromatic rings. The van der Waals surface area contributed by atoms with Crippen LogP contribution >= 0.6 is 0 Å². The lowest BCUT2D eigenvalue weighted by atomic mass is 9.87. The van der Waals surface area contributed by atoms with Gasteiger partial charge in [-0.15, -0.1) is 0 Å². The van der Waals surface area contributed by atoms with E-state index in [-0.39, 0.29) is 18.0 Å². The number of fused-ring (bicyclic) bond motifs is 1. The van der Waals surface area contributed by atoms with E-state index < -0.39 is 0 Å². The van der Waals surface area contributed by atoms with E-state index in [1.807, 2.05) is 7.05 Å². The third-order valence-corrected chi connectivity index (χ3v) is 4.57. The Morgan fingerprint density at radius 1 is 1.23 bits per heavy atom. The van der Waals surface area contributed by atoms with Crippen LogP contribution in [0.1, 0.15) is 42.9 Å². The second-order valence-electron chi connectivity index (χ2n) is 6.46. The molecule has 2 aliphatic rings. The Morgan fingerprint density at radius 2 is 2.00 bits per heavy atom. The number of rotatable bonds is 4. The molecule has 3 N–H and O–H groups in total. The van der Waals surface area contributed by atoms with Crippen molar-refractivity contribution in [3.63, 3.8) is 0 Å².